The molecule has 1 aromatic heterocycles. The molecule has 0 aromatic carbocycles. The number of hydrogen-bond donors (Lipinski definition) is 3. The monoisotopic (exact) mass is 463 g/mol. The topological polar surface area (TPSA) is 111 Å². The summed E-state index contributed by atoms with van der Waals surface area (Å²) in [5, 5.41) is 18.9. The van der Waals surface area contributed by atoms with Crippen LogP contribution in [0.5, 0.6) is 0 Å². The van der Waals surface area contributed by atoms with Crippen molar-refractivity contribution in [2.24, 2.45) is 0 Å². The Morgan fingerprint density at radius 1 is 1.78 bits per heavy atom. The number of aliphatic hydroxyl groups is 2. The Kier molecular flexibility index (Phi) is 4.27. The van der Waals surface area contributed by atoms with E-state index in [0.717, 1.165) is 0 Å². The molecule has 0 unspecified atom stereocenters. The van der Waals surface area contributed by atoms with Crippen LogP contribution in [0.4, 0.5) is 5.82 Å². The van der Waals surface area contributed by atoms with Gasteiger partial charge in [-0.25, -0.2) is 0 Å². The second kappa shape index (κ2) is 5.42. The minimum absolute atomic E-state index is 0.120. The summed E-state index contributed by atoms with van der Waals surface area (Å²) in [5.41, 5.74) is 4.87. The molecule has 0 bridgehead atoms. The molecule has 4 N–H and O–H groups in total. The molecule has 3 atom stereocenters. The maximum atomic E-state index is 11.8. The van der Waals surface area contributed by atoms with Gasteiger partial charge in [0.1, 0.15) is 0 Å². The number of anilines is 1. The predicted octanol–water partition coefficient (Wildman–Crippen LogP) is -1.19. The van der Waals surface area contributed by atoms with Crippen molar-refractivity contribution in [3.8, 4) is 0 Å². The summed E-state index contributed by atoms with van der Waals surface area (Å²) >= 11 is -2.15. The zero-order valence-corrected chi connectivity index (χ0v) is 15.7. The number of nitrogens with two attached hydrogens (primary N) is 1. The molecule has 1 aliphatic rings. The van der Waals surface area contributed by atoms with Crippen LogP contribution >= 0.6 is 8.25 Å². The third-order valence-electron chi connectivity index (χ3n) is 2.98. The Bertz CT molecular complexity index is 499. The van der Waals surface area contributed by atoms with E-state index >= 15 is 0 Å². The van der Waals surface area contributed by atoms with Crippen molar-refractivity contribution in [3.63, 3.8) is 0 Å². The number of hydrogen-bond acceptors (Lipinski definition) is 6. The van der Waals surface area contributed by atoms with Crippen LogP contribution in [0.3, 0.4) is 0 Å². The molecular formula is C9H12ClHgN3O4. The van der Waals surface area contributed by atoms with Gasteiger partial charge in [0.15, 0.2) is 0 Å². The molecule has 2 rings (SSSR count). The van der Waals surface area contributed by atoms with E-state index in [1.165, 1.54) is 16.8 Å². The fraction of sp³-hybridized carbons (Fsp3) is 0.556. The van der Waals surface area contributed by atoms with Crippen molar-refractivity contribution in [1.82, 2.24) is 9.55 Å². The van der Waals surface area contributed by atoms with Crippen molar-refractivity contribution < 1.29 is 38.3 Å². The van der Waals surface area contributed by atoms with Crippen molar-refractivity contribution >= 4 is 14.1 Å². The van der Waals surface area contributed by atoms with E-state index in [2.05, 4.69) is 4.98 Å². The molecule has 0 amide bonds. The second-order valence-electron chi connectivity index (χ2n) is 4.20. The third-order valence-corrected chi connectivity index (χ3v) is 11.4. The van der Waals surface area contributed by atoms with Gasteiger partial charge in [-0.2, -0.15) is 0 Å². The Morgan fingerprint density at radius 2 is 2.50 bits per heavy atom. The van der Waals surface area contributed by atoms with Gasteiger partial charge in [0.25, 0.3) is 0 Å². The third kappa shape index (κ3) is 2.42. The van der Waals surface area contributed by atoms with Crippen LogP contribution in [-0.4, -0.2) is 38.6 Å². The molecule has 7 nitrogen and oxygen atoms in total. The standard InChI is InChI=1S/C9H12N3O4.ClH.Hg/c10-7-1-2-12(9(15)11-7)8-3-5(14)6(4-13)16-8;;/h1-2,5-6,13-14H,3-4H2,(H2,10,11,15);1H;/q;;+1/p-1/t5-,6+;;/m0../s1. The zero-order valence-electron chi connectivity index (χ0n) is 9.49. The first kappa shape index (κ1) is 14.2. The van der Waals surface area contributed by atoms with Crippen LogP contribution in [0.2, 0.25) is 0 Å². The summed E-state index contributed by atoms with van der Waals surface area (Å²) in [5.74, 6) is 0.120. The number of halogens is 1. The van der Waals surface area contributed by atoms with Gasteiger partial charge in [-0.15, -0.1) is 0 Å². The molecule has 0 spiro atoms. The number of rotatable bonds is 3. The summed E-state index contributed by atoms with van der Waals surface area (Å²) < 4.78 is 5.92. The van der Waals surface area contributed by atoms with E-state index in [1.54, 1.807) is 0 Å². The van der Waals surface area contributed by atoms with Crippen molar-refractivity contribution in [3.05, 3.63) is 22.7 Å². The van der Waals surface area contributed by atoms with Crippen LogP contribution in [0, 0.1) is 0 Å². The van der Waals surface area contributed by atoms with Crippen LogP contribution in [0.25, 0.3) is 0 Å². The Morgan fingerprint density at radius 3 is 3.00 bits per heavy atom. The summed E-state index contributed by atoms with van der Waals surface area (Å²) in [6.45, 7) is -0.315. The Balaban J connectivity index is 2.43. The van der Waals surface area contributed by atoms with Crippen molar-refractivity contribution in [2.45, 2.75) is 21.9 Å². The SMILES string of the molecule is Nc1ccn([C@@]2([Hg][Cl])C[C@H](O)[C@@H](CO)O2)c(=O)n1. The number of ether oxygens (including phenoxy) is 1. The summed E-state index contributed by atoms with van der Waals surface area (Å²) in [4.78, 5) is 15.4. The first-order chi connectivity index (χ1) is 8.52. The van der Waals surface area contributed by atoms with E-state index in [4.69, 9.17) is 23.8 Å². The van der Waals surface area contributed by atoms with Crippen LogP contribution < -0.4 is 11.4 Å². The zero-order chi connectivity index (χ0) is 13.3. The fourth-order valence-corrected chi connectivity index (χ4v) is 8.78. The van der Waals surface area contributed by atoms with Gasteiger partial charge >= 0.3 is 119 Å². The molecule has 1 fully saturated rings. The second-order valence-corrected chi connectivity index (χ2v) is 11.9. The van der Waals surface area contributed by atoms with Crippen molar-refractivity contribution in [2.75, 3.05) is 12.3 Å². The van der Waals surface area contributed by atoms with E-state index in [-0.39, 0.29) is 18.8 Å². The van der Waals surface area contributed by atoms with Gasteiger partial charge in [0, 0.05) is 0 Å². The van der Waals surface area contributed by atoms with E-state index in [0.29, 0.717) is 0 Å². The molecule has 2 heterocycles. The average molecular weight is 462 g/mol. The molecule has 1 aliphatic heterocycles. The summed E-state index contributed by atoms with van der Waals surface area (Å²) in [6, 6.07) is 1.48. The quantitative estimate of drug-likeness (QED) is 0.488. The van der Waals surface area contributed by atoms with Gasteiger partial charge in [0.2, 0.25) is 0 Å². The first-order valence-corrected chi connectivity index (χ1v) is 14.9. The van der Waals surface area contributed by atoms with Crippen LogP contribution in [-0.2, 0) is 31.3 Å². The Hall–Kier alpha value is -0.215. The molecule has 1 saturated heterocycles. The molecule has 0 aliphatic carbocycles. The predicted molar refractivity (Wildman–Crippen MR) is 59.3 cm³/mol. The van der Waals surface area contributed by atoms with Crippen molar-refractivity contribution in [1.29, 1.82) is 0 Å². The molecule has 96 valence electrons. The van der Waals surface area contributed by atoms with Gasteiger partial charge in [-0.3, -0.25) is 0 Å². The molecule has 1 aromatic rings. The van der Waals surface area contributed by atoms with Crippen LogP contribution in [0.1, 0.15) is 6.42 Å². The molecule has 0 radical (unpaired) electrons. The van der Waals surface area contributed by atoms with Crippen LogP contribution in [0.15, 0.2) is 17.1 Å². The van der Waals surface area contributed by atoms with Gasteiger partial charge in [-0.1, -0.05) is 0 Å². The average Bonchev–Trinajstić information content (AvgIpc) is 2.67. The van der Waals surface area contributed by atoms with E-state index in [1.807, 2.05) is 0 Å². The van der Waals surface area contributed by atoms with Gasteiger partial charge < -0.3 is 0 Å². The number of aromatic nitrogens is 2. The maximum absolute atomic E-state index is 11.8. The fourth-order valence-electron chi connectivity index (χ4n) is 2.06. The van der Waals surface area contributed by atoms with Gasteiger partial charge in [0.05, 0.1) is 0 Å². The summed E-state index contributed by atoms with van der Waals surface area (Å²) in [6.07, 6.45) is 0.125. The number of nitrogen functional groups attached to an aromatic ring is 1. The molecule has 18 heavy (non-hydrogen) atoms. The number of nitrogens with zero attached hydrogens (tertiary/aromatic N) is 2. The minimum atomic E-state index is -2.15. The Labute approximate surface area is 118 Å². The first-order valence-electron chi connectivity index (χ1n) is 5.41. The summed E-state index contributed by atoms with van der Waals surface area (Å²) in [7, 11) is 6.08. The molecule has 0 saturated carbocycles. The van der Waals surface area contributed by atoms with E-state index < -0.39 is 44.5 Å². The number of aliphatic hydroxyl groups excluding tert-OH is 2. The van der Waals surface area contributed by atoms with E-state index in [9.17, 15) is 9.90 Å². The normalized spacial score (nSPS) is 31.3. The molecular weight excluding hydrogens is 450 g/mol. The van der Waals surface area contributed by atoms with Gasteiger partial charge in [-0.05, 0) is 0 Å². The molecule has 9 heteroatoms.